The van der Waals surface area contributed by atoms with Crippen molar-refractivity contribution in [2.24, 2.45) is 7.05 Å². The van der Waals surface area contributed by atoms with Gasteiger partial charge in [0.1, 0.15) is 29.6 Å². The fourth-order valence-electron chi connectivity index (χ4n) is 2.31. The van der Waals surface area contributed by atoms with Gasteiger partial charge in [-0.25, -0.2) is 18.6 Å². The maximum Gasteiger partial charge on any atom is 0.342 e. The summed E-state index contributed by atoms with van der Waals surface area (Å²) in [5.41, 5.74) is -0.643. The highest BCUT2D eigenvalue weighted by molar-refractivity contribution is 6.03. The smallest absolute Gasteiger partial charge is 0.342 e. The van der Waals surface area contributed by atoms with Crippen LogP contribution in [0.25, 0.3) is 11.1 Å². The summed E-state index contributed by atoms with van der Waals surface area (Å²) in [7, 11) is 1.48. The Kier molecular flexibility index (Phi) is 3.88. The third kappa shape index (κ3) is 2.55. The number of benzene rings is 1. The van der Waals surface area contributed by atoms with Gasteiger partial charge >= 0.3 is 5.97 Å². The Hall–Kier alpha value is -3.03. The van der Waals surface area contributed by atoms with Gasteiger partial charge in [0, 0.05) is 12.6 Å². The van der Waals surface area contributed by atoms with E-state index in [0.29, 0.717) is 0 Å². The highest BCUT2D eigenvalue weighted by Crippen LogP contribution is 2.22. The average molecular weight is 334 g/mol. The van der Waals surface area contributed by atoms with E-state index in [1.165, 1.54) is 37.0 Å². The topological polar surface area (TPSA) is 74.3 Å². The van der Waals surface area contributed by atoms with Crippen molar-refractivity contribution in [2.75, 3.05) is 0 Å². The fourth-order valence-corrected chi connectivity index (χ4v) is 2.31. The fraction of sp³-hybridized carbons (Fsp3) is 0.188. The molecule has 0 bridgehead atoms. The van der Waals surface area contributed by atoms with Gasteiger partial charge in [0.05, 0.1) is 0 Å². The highest BCUT2D eigenvalue weighted by Gasteiger charge is 2.24. The van der Waals surface area contributed by atoms with Crippen LogP contribution in [0, 0.1) is 18.6 Å². The van der Waals surface area contributed by atoms with Crippen LogP contribution in [0.3, 0.4) is 0 Å². The van der Waals surface area contributed by atoms with Gasteiger partial charge in [0.2, 0.25) is 5.71 Å². The number of aryl methyl sites for hydroxylation is 2. The van der Waals surface area contributed by atoms with Gasteiger partial charge in [-0.1, -0.05) is 12.1 Å². The van der Waals surface area contributed by atoms with Crippen molar-refractivity contribution in [3.05, 3.63) is 63.4 Å². The van der Waals surface area contributed by atoms with E-state index in [2.05, 4.69) is 4.98 Å². The SMILES string of the molecule is Cc1oc2ncn(C)c(=O)c2c1C(=O)OCc1cccc(F)c1F. The van der Waals surface area contributed by atoms with Gasteiger partial charge in [-0.2, -0.15) is 0 Å². The van der Waals surface area contributed by atoms with E-state index in [9.17, 15) is 18.4 Å². The van der Waals surface area contributed by atoms with E-state index in [4.69, 9.17) is 9.15 Å². The first-order valence-corrected chi connectivity index (χ1v) is 6.95. The van der Waals surface area contributed by atoms with E-state index in [-0.39, 0.29) is 28.0 Å². The number of carbonyl (C=O) groups is 1. The van der Waals surface area contributed by atoms with Crippen molar-refractivity contribution in [3.8, 4) is 0 Å². The summed E-state index contributed by atoms with van der Waals surface area (Å²) in [6.07, 6.45) is 1.27. The van der Waals surface area contributed by atoms with Crippen LogP contribution >= 0.6 is 0 Å². The van der Waals surface area contributed by atoms with Crippen LogP contribution in [0.5, 0.6) is 0 Å². The van der Waals surface area contributed by atoms with E-state index < -0.39 is 29.8 Å². The lowest BCUT2D eigenvalue weighted by Crippen LogP contribution is -2.19. The summed E-state index contributed by atoms with van der Waals surface area (Å²) in [5, 5.41) is -0.0118. The second-order valence-electron chi connectivity index (χ2n) is 5.16. The summed E-state index contributed by atoms with van der Waals surface area (Å²) >= 11 is 0. The van der Waals surface area contributed by atoms with Crippen molar-refractivity contribution in [1.29, 1.82) is 0 Å². The molecule has 6 nitrogen and oxygen atoms in total. The second kappa shape index (κ2) is 5.88. The molecule has 2 aromatic heterocycles. The maximum atomic E-state index is 13.6. The minimum absolute atomic E-state index is 0.0118. The molecule has 3 aromatic rings. The van der Waals surface area contributed by atoms with Crippen molar-refractivity contribution in [1.82, 2.24) is 9.55 Å². The first-order valence-electron chi connectivity index (χ1n) is 6.95. The van der Waals surface area contributed by atoms with Crippen molar-refractivity contribution in [2.45, 2.75) is 13.5 Å². The van der Waals surface area contributed by atoms with Crippen LogP contribution in [0.15, 0.2) is 33.7 Å². The van der Waals surface area contributed by atoms with Gasteiger partial charge < -0.3 is 13.7 Å². The molecule has 0 saturated carbocycles. The predicted octanol–water partition coefficient (Wildman–Crippen LogP) is 2.47. The van der Waals surface area contributed by atoms with E-state index in [0.717, 1.165) is 6.07 Å². The molecule has 0 aliphatic rings. The molecule has 0 atom stereocenters. The molecule has 24 heavy (non-hydrogen) atoms. The van der Waals surface area contributed by atoms with Gasteiger partial charge in [-0.3, -0.25) is 4.79 Å². The molecular weight excluding hydrogens is 322 g/mol. The molecule has 2 heterocycles. The lowest BCUT2D eigenvalue weighted by Gasteiger charge is -2.06. The van der Waals surface area contributed by atoms with Crippen LogP contribution < -0.4 is 5.56 Å². The Bertz CT molecular complexity index is 1010. The number of ether oxygens (including phenoxy) is 1. The second-order valence-corrected chi connectivity index (χ2v) is 5.16. The molecule has 0 fully saturated rings. The Morgan fingerprint density at radius 3 is 2.88 bits per heavy atom. The van der Waals surface area contributed by atoms with Crippen molar-refractivity contribution < 1.29 is 22.7 Å². The van der Waals surface area contributed by atoms with Crippen LogP contribution in [-0.4, -0.2) is 15.5 Å². The first-order chi connectivity index (χ1) is 11.4. The Morgan fingerprint density at radius 2 is 2.12 bits per heavy atom. The van der Waals surface area contributed by atoms with Crippen LogP contribution in [-0.2, 0) is 18.4 Å². The third-order valence-electron chi connectivity index (χ3n) is 3.54. The summed E-state index contributed by atoms with van der Waals surface area (Å²) in [4.78, 5) is 28.4. The Morgan fingerprint density at radius 1 is 1.38 bits per heavy atom. The average Bonchev–Trinajstić information content (AvgIpc) is 2.89. The largest absolute Gasteiger partial charge is 0.457 e. The lowest BCUT2D eigenvalue weighted by atomic mass is 10.2. The molecule has 0 unspecified atom stereocenters. The molecule has 0 N–H and O–H groups in total. The number of hydrogen-bond donors (Lipinski definition) is 0. The molecule has 0 aliphatic heterocycles. The predicted molar refractivity (Wildman–Crippen MR) is 79.5 cm³/mol. The number of furan rings is 1. The van der Waals surface area contributed by atoms with Gasteiger partial charge in [0.25, 0.3) is 5.56 Å². The number of fused-ring (bicyclic) bond motifs is 1. The van der Waals surface area contributed by atoms with Crippen molar-refractivity contribution >= 4 is 17.1 Å². The molecular formula is C16H12F2N2O4. The van der Waals surface area contributed by atoms with Crippen molar-refractivity contribution in [3.63, 3.8) is 0 Å². The number of aromatic nitrogens is 2. The number of rotatable bonds is 3. The zero-order valence-corrected chi connectivity index (χ0v) is 12.8. The molecule has 1 aromatic carbocycles. The lowest BCUT2D eigenvalue weighted by molar-refractivity contribution is 0.0468. The van der Waals surface area contributed by atoms with Gasteiger partial charge in [0.15, 0.2) is 11.6 Å². The summed E-state index contributed by atoms with van der Waals surface area (Å²) in [6.45, 7) is 1.01. The van der Waals surface area contributed by atoms with E-state index in [1.807, 2.05) is 0 Å². The summed E-state index contributed by atoms with van der Waals surface area (Å²) in [6, 6.07) is 3.57. The summed E-state index contributed by atoms with van der Waals surface area (Å²) < 4.78 is 38.3. The molecule has 3 rings (SSSR count). The number of carbonyl (C=O) groups excluding carboxylic acids is 1. The zero-order valence-electron chi connectivity index (χ0n) is 12.8. The quantitative estimate of drug-likeness (QED) is 0.688. The molecule has 8 heteroatoms. The third-order valence-corrected chi connectivity index (χ3v) is 3.54. The van der Waals surface area contributed by atoms with Gasteiger partial charge in [-0.15, -0.1) is 0 Å². The highest BCUT2D eigenvalue weighted by atomic mass is 19.2. The molecule has 0 aliphatic carbocycles. The number of esters is 1. The number of hydrogen-bond acceptors (Lipinski definition) is 5. The monoisotopic (exact) mass is 334 g/mol. The molecule has 0 radical (unpaired) electrons. The van der Waals surface area contributed by atoms with E-state index >= 15 is 0 Å². The molecule has 0 amide bonds. The first kappa shape index (κ1) is 15.9. The molecule has 124 valence electrons. The Labute approximate surface area is 134 Å². The number of nitrogens with zero attached hydrogens (tertiary/aromatic N) is 2. The van der Waals surface area contributed by atoms with Crippen LogP contribution in [0.1, 0.15) is 21.7 Å². The van der Waals surface area contributed by atoms with E-state index in [1.54, 1.807) is 0 Å². The zero-order chi connectivity index (χ0) is 17.4. The van der Waals surface area contributed by atoms with Crippen LogP contribution in [0.2, 0.25) is 0 Å². The molecule has 0 spiro atoms. The summed E-state index contributed by atoms with van der Waals surface area (Å²) in [5.74, 6) is -2.84. The van der Waals surface area contributed by atoms with Gasteiger partial charge in [-0.05, 0) is 13.0 Å². The van der Waals surface area contributed by atoms with Crippen LogP contribution in [0.4, 0.5) is 8.78 Å². The minimum Gasteiger partial charge on any atom is -0.457 e. The molecule has 0 saturated heterocycles. The minimum atomic E-state index is -1.09. The maximum absolute atomic E-state index is 13.6. The normalized spacial score (nSPS) is 11.0. The Balaban J connectivity index is 1.95. The number of halogens is 2. The standard InChI is InChI=1S/C16H12F2N2O4/c1-8-11(12-14(24-8)19-7-20(2)15(12)21)16(22)23-6-9-4-3-5-10(17)13(9)18/h3-5,7H,6H2,1-2H3.